The first kappa shape index (κ1) is 22.8. The van der Waals surface area contributed by atoms with Crippen molar-refractivity contribution >= 4 is 11.3 Å². The molecule has 0 radical (unpaired) electrons. The number of rotatable bonds is 7. The molecule has 3 aromatic rings. The third kappa shape index (κ3) is 5.68. The van der Waals surface area contributed by atoms with E-state index in [1.807, 2.05) is 6.07 Å². The van der Waals surface area contributed by atoms with Crippen LogP contribution in [0.15, 0.2) is 66.7 Å². The Morgan fingerprint density at radius 1 is 1.00 bits per heavy atom. The van der Waals surface area contributed by atoms with Crippen LogP contribution >= 0.6 is 11.3 Å². The molecule has 0 amide bonds. The highest BCUT2D eigenvalue weighted by Gasteiger charge is 2.40. The van der Waals surface area contributed by atoms with Crippen molar-refractivity contribution in [2.45, 2.75) is 50.9 Å². The summed E-state index contributed by atoms with van der Waals surface area (Å²) in [6.07, 6.45) is 2.12. The molecule has 0 aliphatic heterocycles. The minimum absolute atomic E-state index is 0.0559. The maximum atomic E-state index is 9.82. The van der Waals surface area contributed by atoms with Crippen molar-refractivity contribution in [1.29, 1.82) is 0 Å². The van der Waals surface area contributed by atoms with E-state index in [0.717, 1.165) is 37.4 Å². The van der Waals surface area contributed by atoms with Gasteiger partial charge in [-0.05, 0) is 62.6 Å². The molecule has 0 fully saturated rings. The van der Waals surface area contributed by atoms with E-state index in [4.69, 9.17) is 0 Å². The van der Waals surface area contributed by atoms with Crippen molar-refractivity contribution in [3.05, 3.63) is 93.2 Å². The van der Waals surface area contributed by atoms with Gasteiger partial charge in [0.25, 0.3) is 0 Å². The fraction of sp³-hybridized carbons (Fsp3) is 0.357. The number of aliphatic hydroxyl groups is 1. The van der Waals surface area contributed by atoms with Crippen LogP contribution in [0.3, 0.4) is 0 Å². The molecule has 0 bridgehead atoms. The monoisotopic (exact) mass is 444 g/mol. The van der Waals surface area contributed by atoms with Gasteiger partial charge in [0.2, 0.25) is 0 Å². The molecule has 1 heterocycles. The maximum Gasteiger partial charge on any atom is 0.120 e. The molecule has 0 unspecified atom stereocenters. The number of benzene rings is 2. The van der Waals surface area contributed by atoms with Crippen LogP contribution in [0, 0.1) is 11.8 Å². The molecule has 2 aromatic carbocycles. The first-order valence-electron chi connectivity index (χ1n) is 11.2. The summed E-state index contributed by atoms with van der Waals surface area (Å²) < 4.78 is 0. The highest BCUT2D eigenvalue weighted by Crippen LogP contribution is 2.34. The Hall–Kier alpha value is -2.42. The quantitative estimate of drug-likeness (QED) is 0.522. The lowest BCUT2D eigenvalue weighted by molar-refractivity contribution is 0.117. The molecular weight excluding hydrogens is 412 g/mol. The van der Waals surface area contributed by atoms with Gasteiger partial charge in [0.05, 0.1) is 4.88 Å². The van der Waals surface area contributed by atoms with E-state index in [1.165, 1.54) is 21.6 Å². The largest absolute Gasteiger partial charge is 0.378 e. The molecule has 4 heteroatoms. The van der Waals surface area contributed by atoms with Crippen LogP contribution in [0.2, 0.25) is 0 Å². The second-order valence-corrected chi connectivity index (χ2v) is 10.5. The Labute approximate surface area is 196 Å². The van der Waals surface area contributed by atoms with Gasteiger partial charge in [0.1, 0.15) is 5.60 Å². The first-order chi connectivity index (χ1) is 15.3. The molecule has 166 valence electrons. The number of hydrogen-bond donors (Lipinski definition) is 2. The second kappa shape index (κ2) is 9.60. The molecule has 0 spiro atoms. The fourth-order valence-corrected chi connectivity index (χ4v) is 5.23. The molecule has 3 nitrogen and oxygen atoms in total. The summed E-state index contributed by atoms with van der Waals surface area (Å²) in [5.74, 6) is 5.98. The Bertz CT molecular complexity index is 1080. The van der Waals surface area contributed by atoms with Crippen LogP contribution in [0.5, 0.6) is 0 Å². The average Bonchev–Trinajstić information content (AvgIpc) is 3.37. The molecule has 0 atom stereocenters. The summed E-state index contributed by atoms with van der Waals surface area (Å²) >= 11 is 1.69. The minimum Gasteiger partial charge on any atom is -0.378 e. The van der Waals surface area contributed by atoms with Gasteiger partial charge in [-0.25, -0.2) is 0 Å². The van der Waals surface area contributed by atoms with Crippen LogP contribution in [0.1, 0.15) is 40.3 Å². The first-order valence-corrected chi connectivity index (χ1v) is 12.0. The lowest BCUT2D eigenvalue weighted by atomic mass is 9.92. The van der Waals surface area contributed by atoms with Gasteiger partial charge >= 0.3 is 0 Å². The van der Waals surface area contributed by atoms with Crippen molar-refractivity contribution in [1.82, 2.24) is 10.2 Å². The van der Waals surface area contributed by atoms with Crippen LogP contribution in [0.25, 0.3) is 0 Å². The molecule has 0 saturated heterocycles. The number of nitrogens with one attached hydrogen (secondary N) is 1. The number of nitrogens with zero attached hydrogens (tertiary/aromatic N) is 1. The summed E-state index contributed by atoms with van der Waals surface area (Å²) in [5, 5.41) is 13.6. The fourth-order valence-electron chi connectivity index (χ4n) is 4.40. The summed E-state index contributed by atoms with van der Waals surface area (Å²) in [4.78, 5) is 4.79. The van der Waals surface area contributed by atoms with Gasteiger partial charge in [-0.2, -0.15) is 0 Å². The van der Waals surface area contributed by atoms with Gasteiger partial charge < -0.3 is 10.4 Å². The topological polar surface area (TPSA) is 35.5 Å². The summed E-state index contributed by atoms with van der Waals surface area (Å²) in [6, 6.07) is 23.8. The number of fused-ring (bicyclic) bond motifs is 1. The van der Waals surface area contributed by atoms with E-state index < -0.39 is 5.60 Å². The smallest absolute Gasteiger partial charge is 0.120 e. The van der Waals surface area contributed by atoms with Gasteiger partial charge in [-0.15, -0.1) is 11.3 Å². The standard InChI is InChI=1S/C28H32N2OS/c1-27(2,31)16-15-25-13-14-26(32-25)19-29-21-28(17-23-11-7-8-12-24(23)18-28)30(3)20-22-9-5-4-6-10-22/h4-14,29,31H,17-21H2,1-3H3. The maximum absolute atomic E-state index is 9.82. The molecule has 1 aromatic heterocycles. The number of hydrogen-bond acceptors (Lipinski definition) is 4. The van der Waals surface area contributed by atoms with Gasteiger partial charge in [-0.3, -0.25) is 4.90 Å². The highest BCUT2D eigenvalue weighted by atomic mass is 32.1. The molecule has 2 N–H and O–H groups in total. The van der Waals surface area contributed by atoms with E-state index in [1.54, 1.807) is 25.2 Å². The van der Waals surface area contributed by atoms with Crippen molar-refractivity contribution in [3.8, 4) is 11.8 Å². The van der Waals surface area contributed by atoms with Gasteiger partial charge in [0.15, 0.2) is 0 Å². The third-order valence-corrected chi connectivity index (χ3v) is 7.14. The van der Waals surface area contributed by atoms with E-state index in [9.17, 15) is 5.11 Å². The van der Waals surface area contributed by atoms with Crippen molar-refractivity contribution in [2.24, 2.45) is 0 Å². The SMILES string of the molecule is CN(Cc1ccccc1)C1(CNCc2ccc(C#CC(C)(C)O)s2)Cc2ccccc2C1. The predicted octanol–water partition coefficient (Wildman–Crippen LogP) is 4.63. The van der Waals surface area contributed by atoms with E-state index in [2.05, 4.69) is 89.8 Å². The summed E-state index contributed by atoms with van der Waals surface area (Å²) in [7, 11) is 2.26. The molecular formula is C28H32N2OS. The van der Waals surface area contributed by atoms with Crippen molar-refractivity contribution in [2.75, 3.05) is 13.6 Å². The van der Waals surface area contributed by atoms with Crippen LogP contribution < -0.4 is 5.32 Å². The average molecular weight is 445 g/mol. The Morgan fingerprint density at radius 2 is 1.66 bits per heavy atom. The normalized spacial score (nSPS) is 14.8. The molecule has 1 aliphatic carbocycles. The van der Waals surface area contributed by atoms with Crippen molar-refractivity contribution < 1.29 is 5.11 Å². The lowest BCUT2D eigenvalue weighted by Crippen LogP contribution is -2.53. The zero-order valence-electron chi connectivity index (χ0n) is 19.2. The number of thiophene rings is 1. The minimum atomic E-state index is -0.963. The zero-order valence-corrected chi connectivity index (χ0v) is 20.0. The summed E-state index contributed by atoms with van der Waals surface area (Å²) in [5.41, 5.74) is 3.37. The predicted molar refractivity (Wildman–Crippen MR) is 134 cm³/mol. The van der Waals surface area contributed by atoms with Crippen molar-refractivity contribution in [3.63, 3.8) is 0 Å². The molecule has 32 heavy (non-hydrogen) atoms. The van der Waals surface area contributed by atoms with E-state index in [-0.39, 0.29) is 5.54 Å². The van der Waals surface area contributed by atoms with E-state index in [0.29, 0.717) is 0 Å². The van der Waals surface area contributed by atoms with Crippen LogP contribution in [0.4, 0.5) is 0 Å². The van der Waals surface area contributed by atoms with Crippen LogP contribution in [-0.4, -0.2) is 34.7 Å². The van der Waals surface area contributed by atoms with Crippen LogP contribution in [-0.2, 0) is 25.9 Å². The Kier molecular flexibility index (Phi) is 6.83. The Morgan fingerprint density at radius 3 is 2.31 bits per heavy atom. The Balaban J connectivity index is 1.45. The highest BCUT2D eigenvalue weighted by molar-refractivity contribution is 7.12. The summed E-state index contributed by atoms with van der Waals surface area (Å²) in [6.45, 7) is 6.11. The molecule has 4 rings (SSSR count). The molecule has 0 saturated carbocycles. The lowest BCUT2D eigenvalue weighted by Gasteiger charge is -2.39. The number of likely N-dealkylation sites (N-methyl/N-ethyl adjacent to an activating group) is 1. The van der Waals surface area contributed by atoms with Gasteiger partial charge in [-0.1, -0.05) is 66.4 Å². The van der Waals surface area contributed by atoms with E-state index >= 15 is 0 Å². The third-order valence-electron chi connectivity index (χ3n) is 6.14. The second-order valence-electron chi connectivity index (χ2n) is 9.37. The molecule has 1 aliphatic rings. The van der Waals surface area contributed by atoms with Gasteiger partial charge in [0, 0.05) is 30.1 Å². The zero-order chi connectivity index (χ0) is 22.6.